The smallest absolute Gasteiger partial charge is 0.224 e. The molecule has 0 aliphatic carbocycles. The van der Waals surface area contributed by atoms with Crippen LogP contribution in [0, 0.1) is 6.92 Å². The number of thiazole rings is 1. The van der Waals surface area contributed by atoms with Gasteiger partial charge in [0.25, 0.3) is 0 Å². The number of rotatable bonds is 6. The zero-order valence-corrected chi connectivity index (χ0v) is 12.9. The fourth-order valence-electron chi connectivity index (χ4n) is 1.57. The number of carbonyl (C=O) groups is 1. The Labute approximate surface area is 126 Å². The molecule has 1 heterocycles. The molecule has 4 nitrogen and oxygen atoms in total. The highest BCUT2D eigenvalue weighted by atomic mass is 32.2. The fraction of sp³-hybridized carbons (Fsp3) is 0.286. The molecule has 0 spiro atoms. The average molecular weight is 307 g/mol. The number of nitrogens with zero attached hydrogens (tertiary/aromatic N) is 1. The van der Waals surface area contributed by atoms with Gasteiger partial charge in [-0.3, -0.25) is 4.79 Å². The van der Waals surface area contributed by atoms with Gasteiger partial charge in [-0.15, -0.1) is 11.3 Å². The van der Waals surface area contributed by atoms with Crippen LogP contribution in [0.5, 0.6) is 0 Å². The van der Waals surface area contributed by atoms with Crippen molar-refractivity contribution in [3.63, 3.8) is 0 Å². The van der Waals surface area contributed by atoms with Gasteiger partial charge in [-0.05, 0) is 44.2 Å². The number of nitrogens with one attached hydrogen (secondary N) is 1. The van der Waals surface area contributed by atoms with Gasteiger partial charge >= 0.3 is 0 Å². The van der Waals surface area contributed by atoms with Crippen LogP contribution in [0.15, 0.2) is 38.9 Å². The minimum Gasteiger partial charge on any atom is -0.330 e. The number of aryl methyl sites for hydroxylation is 1. The van der Waals surface area contributed by atoms with Gasteiger partial charge < -0.3 is 11.1 Å². The number of hydrogen-bond acceptors (Lipinski definition) is 5. The Morgan fingerprint density at radius 1 is 1.40 bits per heavy atom. The minimum atomic E-state index is 0.00593. The molecule has 20 heavy (non-hydrogen) atoms. The summed E-state index contributed by atoms with van der Waals surface area (Å²) in [5, 5.41) is 4.89. The molecule has 0 bridgehead atoms. The van der Waals surface area contributed by atoms with E-state index in [4.69, 9.17) is 5.73 Å². The molecule has 106 valence electrons. The van der Waals surface area contributed by atoms with E-state index in [2.05, 4.69) is 10.3 Å². The lowest BCUT2D eigenvalue weighted by atomic mass is 10.2. The summed E-state index contributed by atoms with van der Waals surface area (Å²) in [7, 11) is 0. The summed E-state index contributed by atoms with van der Waals surface area (Å²) >= 11 is 3.27. The molecule has 1 aromatic carbocycles. The van der Waals surface area contributed by atoms with Crippen LogP contribution in [-0.2, 0) is 4.79 Å². The highest BCUT2D eigenvalue weighted by molar-refractivity contribution is 8.01. The summed E-state index contributed by atoms with van der Waals surface area (Å²) in [6.45, 7) is 2.52. The van der Waals surface area contributed by atoms with Gasteiger partial charge in [-0.25, -0.2) is 4.98 Å². The molecular weight excluding hydrogens is 290 g/mol. The first-order chi connectivity index (χ1) is 9.67. The number of aromatic nitrogens is 1. The summed E-state index contributed by atoms with van der Waals surface area (Å²) in [6.07, 6.45) is 1.18. The van der Waals surface area contributed by atoms with Crippen molar-refractivity contribution in [1.82, 2.24) is 4.98 Å². The van der Waals surface area contributed by atoms with Gasteiger partial charge in [0, 0.05) is 28.1 Å². The molecule has 0 atom stereocenters. The van der Waals surface area contributed by atoms with Crippen LogP contribution in [-0.4, -0.2) is 17.4 Å². The summed E-state index contributed by atoms with van der Waals surface area (Å²) in [6, 6.07) is 7.78. The third-order valence-electron chi connectivity index (χ3n) is 2.55. The van der Waals surface area contributed by atoms with Crippen LogP contribution in [0.3, 0.4) is 0 Å². The van der Waals surface area contributed by atoms with Crippen LogP contribution < -0.4 is 11.1 Å². The fourth-order valence-corrected chi connectivity index (χ4v) is 3.38. The highest BCUT2D eigenvalue weighted by Crippen LogP contribution is 2.30. The maximum absolute atomic E-state index is 11.6. The lowest BCUT2D eigenvalue weighted by Crippen LogP contribution is -2.13. The molecule has 0 aliphatic heterocycles. The van der Waals surface area contributed by atoms with Crippen molar-refractivity contribution in [2.75, 3.05) is 11.9 Å². The molecule has 0 aliphatic rings. The molecule has 2 aromatic rings. The summed E-state index contributed by atoms with van der Waals surface area (Å²) < 4.78 is 1.03. The van der Waals surface area contributed by atoms with Gasteiger partial charge in [0.2, 0.25) is 5.91 Å². The Balaban J connectivity index is 1.91. The Morgan fingerprint density at radius 3 is 2.75 bits per heavy atom. The molecule has 0 saturated heterocycles. The maximum atomic E-state index is 11.6. The van der Waals surface area contributed by atoms with Crippen molar-refractivity contribution in [3.05, 3.63) is 35.3 Å². The van der Waals surface area contributed by atoms with Crippen molar-refractivity contribution in [2.24, 2.45) is 5.73 Å². The summed E-state index contributed by atoms with van der Waals surface area (Å²) in [4.78, 5) is 17.1. The van der Waals surface area contributed by atoms with E-state index in [1.807, 2.05) is 36.6 Å². The van der Waals surface area contributed by atoms with Crippen molar-refractivity contribution in [3.8, 4) is 0 Å². The largest absolute Gasteiger partial charge is 0.330 e. The number of carbonyl (C=O) groups excluding carboxylic acids is 1. The number of nitrogens with two attached hydrogens (primary N) is 1. The monoisotopic (exact) mass is 307 g/mol. The standard InChI is InChI=1S/C14H17N3OS2/c1-10-9-19-14(16-10)20-12-6-4-11(5-7-12)17-13(18)3-2-8-15/h4-7,9H,2-3,8,15H2,1H3,(H,17,18). The average Bonchev–Trinajstić information content (AvgIpc) is 2.84. The van der Waals surface area contributed by atoms with Gasteiger partial charge in [0.15, 0.2) is 4.34 Å². The van der Waals surface area contributed by atoms with E-state index in [1.165, 1.54) is 0 Å². The Kier molecular flexibility index (Phi) is 5.58. The molecule has 0 unspecified atom stereocenters. The molecule has 2 rings (SSSR count). The number of benzene rings is 1. The van der Waals surface area contributed by atoms with Gasteiger partial charge in [0.1, 0.15) is 0 Å². The normalized spacial score (nSPS) is 10.5. The van der Waals surface area contributed by atoms with E-state index < -0.39 is 0 Å². The number of anilines is 1. The molecular formula is C14H17N3OS2. The van der Waals surface area contributed by atoms with E-state index in [9.17, 15) is 4.79 Å². The third kappa shape index (κ3) is 4.63. The van der Waals surface area contributed by atoms with Crippen LogP contribution in [0.4, 0.5) is 5.69 Å². The minimum absolute atomic E-state index is 0.00593. The van der Waals surface area contributed by atoms with Crippen LogP contribution >= 0.6 is 23.1 Å². The lowest BCUT2D eigenvalue weighted by Gasteiger charge is -2.05. The van der Waals surface area contributed by atoms with Crippen molar-refractivity contribution in [1.29, 1.82) is 0 Å². The van der Waals surface area contributed by atoms with Crippen molar-refractivity contribution >= 4 is 34.7 Å². The predicted molar refractivity (Wildman–Crippen MR) is 84.3 cm³/mol. The van der Waals surface area contributed by atoms with E-state index >= 15 is 0 Å². The Bertz CT molecular complexity index is 566. The Hall–Kier alpha value is -1.37. The first kappa shape index (κ1) is 15.0. The molecule has 6 heteroatoms. The topological polar surface area (TPSA) is 68.0 Å². The first-order valence-corrected chi connectivity index (χ1v) is 8.07. The molecule has 1 aromatic heterocycles. The predicted octanol–water partition coefficient (Wildman–Crippen LogP) is 3.28. The van der Waals surface area contributed by atoms with Crippen LogP contribution in [0.1, 0.15) is 18.5 Å². The number of hydrogen-bond donors (Lipinski definition) is 2. The number of amides is 1. The van der Waals surface area contributed by atoms with Gasteiger partial charge in [-0.1, -0.05) is 11.8 Å². The van der Waals surface area contributed by atoms with E-state index in [1.54, 1.807) is 23.1 Å². The molecule has 3 N–H and O–H groups in total. The SMILES string of the molecule is Cc1csc(Sc2ccc(NC(=O)CCCN)cc2)n1. The second-order valence-corrected chi connectivity index (χ2v) is 6.50. The van der Waals surface area contributed by atoms with E-state index in [0.717, 1.165) is 20.6 Å². The van der Waals surface area contributed by atoms with Crippen molar-refractivity contribution < 1.29 is 4.79 Å². The third-order valence-corrected chi connectivity index (χ3v) is 4.61. The second kappa shape index (κ2) is 7.42. The molecule has 0 saturated carbocycles. The zero-order valence-electron chi connectivity index (χ0n) is 11.3. The first-order valence-electron chi connectivity index (χ1n) is 6.37. The van der Waals surface area contributed by atoms with Crippen molar-refractivity contribution in [2.45, 2.75) is 29.0 Å². The molecule has 0 fully saturated rings. The Morgan fingerprint density at radius 2 is 2.15 bits per heavy atom. The molecule has 1 amide bonds. The van der Waals surface area contributed by atoms with Gasteiger partial charge in [-0.2, -0.15) is 0 Å². The summed E-state index contributed by atoms with van der Waals surface area (Å²) in [5.74, 6) is 0.00593. The maximum Gasteiger partial charge on any atom is 0.224 e. The van der Waals surface area contributed by atoms with Crippen LogP contribution in [0.2, 0.25) is 0 Å². The zero-order chi connectivity index (χ0) is 14.4. The summed E-state index contributed by atoms with van der Waals surface area (Å²) in [5.41, 5.74) is 7.23. The molecule has 0 radical (unpaired) electrons. The van der Waals surface area contributed by atoms with E-state index in [0.29, 0.717) is 19.4 Å². The lowest BCUT2D eigenvalue weighted by molar-refractivity contribution is -0.116. The quantitative estimate of drug-likeness (QED) is 0.859. The van der Waals surface area contributed by atoms with E-state index in [-0.39, 0.29) is 5.91 Å². The van der Waals surface area contributed by atoms with Crippen LogP contribution in [0.25, 0.3) is 0 Å². The second-order valence-electron chi connectivity index (χ2n) is 4.32. The van der Waals surface area contributed by atoms with Gasteiger partial charge in [0.05, 0.1) is 0 Å². The highest BCUT2D eigenvalue weighted by Gasteiger charge is 2.04.